The molecular weight excluding hydrogens is 354 g/mol. The van der Waals surface area contributed by atoms with Crippen LogP contribution in [0.2, 0.25) is 0 Å². The van der Waals surface area contributed by atoms with E-state index in [1.54, 1.807) is 11.3 Å². The van der Waals surface area contributed by atoms with Gasteiger partial charge in [0, 0.05) is 17.5 Å². The third-order valence-electron chi connectivity index (χ3n) is 4.37. The summed E-state index contributed by atoms with van der Waals surface area (Å²) in [4.78, 5) is 15.7. The van der Waals surface area contributed by atoms with E-state index < -0.39 is 0 Å². The first-order valence-electron chi connectivity index (χ1n) is 9.19. The summed E-state index contributed by atoms with van der Waals surface area (Å²) in [5.41, 5.74) is 2.25. The molecule has 0 spiro atoms. The van der Waals surface area contributed by atoms with Crippen molar-refractivity contribution in [3.63, 3.8) is 0 Å². The maximum atomic E-state index is 12.7. The molecule has 0 aliphatic carbocycles. The molecule has 0 fully saturated rings. The molecule has 3 rings (SSSR count). The second-order valence-electron chi connectivity index (χ2n) is 6.79. The third-order valence-corrected chi connectivity index (χ3v) is 5.25. The van der Waals surface area contributed by atoms with E-state index >= 15 is 0 Å². The molecule has 4 heteroatoms. The molecule has 1 amide bonds. The Morgan fingerprint density at radius 3 is 2.33 bits per heavy atom. The summed E-state index contributed by atoms with van der Waals surface area (Å²) in [5.74, 6) is 1.00. The van der Waals surface area contributed by atoms with Gasteiger partial charge in [0.05, 0.1) is 6.42 Å². The molecule has 0 aliphatic rings. The van der Waals surface area contributed by atoms with Crippen LogP contribution in [0.15, 0.2) is 72.1 Å². The van der Waals surface area contributed by atoms with Gasteiger partial charge in [-0.1, -0.05) is 48.5 Å². The quantitative estimate of drug-likeness (QED) is 0.531. The maximum Gasteiger partial charge on any atom is 0.228 e. The number of nitrogens with zero attached hydrogens (tertiary/aromatic N) is 1. The fourth-order valence-corrected chi connectivity index (χ4v) is 3.55. The molecule has 0 unspecified atom stereocenters. The summed E-state index contributed by atoms with van der Waals surface area (Å²) >= 11 is 1.63. The number of carbonyl (C=O) groups excluding carboxylic acids is 1. The van der Waals surface area contributed by atoms with Crippen LogP contribution >= 0.6 is 11.3 Å². The topological polar surface area (TPSA) is 29.5 Å². The van der Waals surface area contributed by atoms with E-state index in [2.05, 4.69) is 13.8 Å². The Morgan fingerprint density at radius 1 is 0.963 bits per heavy atom. The van der Waals surface area contributed by atoms with Crippen LogP contribution in [0.3, 0.4) is 0 Å². The van der Waals surface area contributed by atoms with E-state index in [1.807, 2.05) is 77.0 Å². The van der Waals surface area contributed by atoms with Gasteiger partial charge in [0.1, 0.15) is 12.4 Å². The average molecular weight is 380 g/mol. The van der Waals surface area contributed by atoms with Crippen LogP contribution in [-0.2, 0) is 24.4 Å². The minimum atomic E-state index is 0.159. The minimum absolute atomic E-state index is 0.159. The number of thiophene rings is 1. The lowest BCUT2D eigenvalue weighted by Gasteiger charge is -2.27. The molecule has 0 N–H and O–H groups in total. The van der Waals surface area contributed by atoms with Gasteiger partial charge in [0.25, 0.3) is 0 Å². The SMILES string of the molecule is CC(C)N(Cc1ccc(OCc2ccccc2)cc1)C(=O)Cc1cccs1. The molecule has 0 saturated heterocycles. The highest BCUT2D eigenvalue weighted by atomic mass is 32.1. The summed E-state index contributed by atoms with van der Waals surface area (Å²) < 4.78 is 5.84. The largest absolute Gasteiger partial charge is 0.489 e. The van der Waals surface area contributed by atoms with Crippen molar-refractivity contribution in [2.75, 3.05) is 0 Å². The average Bonchev–Trinajstić information content (AvgIpc) is 3.19. The lowest BCUT2D eigenvalue weighted by molar-refractivity contribution is -0.132. The number of hydrogen-bond donors (Lipinski definition) is 0. The van der Waals surface area contributed by atoms with Crippen LogP contribution in [0, 0.1) is 0 Å². The van der Waals surface area contributed by atoms with Gasteiger partial charge in [0.15, 0.2) is 0 Å². The van der Waals surface area contributed by atoms with E-state index in [1.165, 1.54) is 0 Å². The fourth-order valence-electron chi connectivity index (χ4n) is 2.85. The zero-order valence-corrected chi connectivity index (χ0v) is 16.6. The van der Waals surface area contributed by atoms with Crippen molar-refractivity contribution in [1.29, 1.82) is 0 Å². The second kappa shape index (κ2) is 9.38. The van der Waals surface area contributed by atoms with Gasteiger partial charge in [-0.15, -0.1) is 11.3 Å². The molecule has 1 heterocycles. The fraction of sp³-hybridized carbons (Fsp3) is 0.261. The molecule has 0 saturated carbocycles. The number of ether oxygens (including phenoxy) is 1. The molecule has 140 valence electrons. The van der Waals surface area contributed by atoms with Crippen molar-refractivity contribution in [2.45, 2.75) is 39.5 Å². The molecule has 0 bridgehead atoms. The van der Waals surface area contributed by atoms with E-state index in [-0.39, 0.29) is 11.9 Å². The van der Waals surface area contributed by atoms with Crippen LogP contribution < -0.4 is 4.74 Å². The Hall–Kier alpha value is -2.59. The zero-order chi connectivity index (χ0) is 19.1. The van der Waals surface area contributed by atoms with Crippen LogP contribution in [0.4, 0.5) is 0 Å². The standard InChI is InChI=1S/C23H25NO2S/c1-18(2)24(23(25)15-22-9-6-14-27-22)16-19-10-12-21(13-11-19)26-17-20-7-4-3-5-8-20/h3-14,18H,15-17H2,1-2H3. The van der Waals surface area contributed by atoms with Crippen LogP contribution in [0.5, 0.6) is 5.75 Å². The highest BCUT2D eigenvalue weighted by Crippen LogP contribution is 2.18. The summed E-state index contributed by atoms with van der Waals surface area (Å²) in [7, 11) is 0. The zero-order valence-electron chi connectivity index (χ0n) is 15.8. The molecule has 0 radical (unpaired) electrons. The first-order valence-corrected chi connectivity index (χ1v) is 10.1. The monoisotopic (exact) mass is 379 g/mol. The van der Waals surface area contributed by atoms with E-state index in [0.29, 0.717) is 19.6 Å². The summed E-state index contributed by atoms with van der Waals surface area (Å²) in [6.45, 7) is 5.28. The Morgan fingerprint density at radius 2 is 1.70 bits per heavy atom. The Balaban J connectivity index is 1.58. The van der Waals surface area contributed by atoms with Crippen molar-refractivity contribution in [3.8, 4) is 5.75 Å². The van der Waals surface area contributed by atoms with Crippen molar-refractivity contribution < 1.29 is 9.53 Å². The molecular formula is C23H25NO2S. The summed E-state index contributed by atoms with van der Waals surface area (Å²) in [6.07, 6.45) is 0.466. The predicted octanol–water partition coefficient (Wildman–Crippen LogP) is 5.31. The lowest BCUT2D eigenvalue weighted by Crippen LogP contribution is -2.37. The van der Waals surface area contributed by atoms with Gasteiger partial charge < -0.3 is 9.64 Å². The van der Waals surface area contributed by atoms with Gasteiger partial charge in [-0.3, -0.25) is 4.79 Å². The van der Waals surface area contributed by atoms with Gasteiger partial charge in [0.2, 0.25) is 5.91 Å². The predicted molar refractivity (Wildman–Crippen MR) is 111 cm³/mol. The molecule has 27 heavy (non-hydrogen) atoms. The summed E-state index contributed by atoms with van der Waals surface area (Å²) in [6, 6.07) is 22.3. The number of carbonyl (C=O) groups is 1. The first-order chi connectivity index (χ1) is 13.1. The lowest BCUT2D eigenvalue weighted by atomic mass is 10.1. The van der Waals surface area contributed by atoms with Crippen molar-refractivity contribution in [3.05, 3.63) is 88.1 Å². The van der Waals surface area contributed by atoms with E-state index in [9.17, 15) is 4.79 Å². The van der Waals surface area contributed by atoms with Crippen LogP contribution in [0.1, 0.15) is 29.9 Å². The number of rotatable bonds is 8. The van der Waals surface area contributed by atoms with Crippen molar-refractivity contribution >= 4 is 17.2 Å². The Bertz CT molecular complexity index is 827. The minimum Gasteiger partial charge on any atom is -0.489 e. The number of amides is 1. The molecule has 3 aromatic rings. The molecule has 2 aromatic carbocycles. The third kappa shape index (κ3) is 5.69. The molecule has 0 atom stereocenters. The number of hydrogen-bond acceptors (Lipinski definition) is 3. The van der Waals surface area contributed by atoms with E-state index in [4.69, 9.17) is 4.74 Å². The van der Waals surface area contributed by atoms with E-state index in [0.717, 1.165) is 21.8 Å². The van der Waals surface area contributed by atoms with Crippen LogP contribution in [0.25, 0.3) is 0 Å². The first kappa shape index (κ1) is 19.2. The van der Waals surface area contributed by atoms with Gasteiger partial charge in [-0.2, -0.15) is 0 Å². The second-order valence-corrected chi connectivity index (χ2v) is 7.82. The van der Waals surface area contributed by atoms with Crippen molar-refractivity contribution in [2.24, 2.45) is 0 Å². The van der Waals surface area contributed by atoms with Gasteiger partial charge in [-0.25, -0.2) is 0 Å². The normalized spacial score (nSPS) is 10.8. The van der Waals surface area contributed by atoms with Gasteiger partial charge in [-0.05, 0) is 48.6 Å². The Kier molecular flexibility index (Phi) is 6.66. The smallest absolute Gasteiger partial charge is 0.228 e. The Labute approximate surface area is 165 Å². The maximum absolute atomic E-state index is 12.7. The molecule has 0 aliphatic heterocycles. The van der Waals surface area contributed by atoms with Gasteiger partial charge >= 0.3 is 0 Å². The molecule has 1 aromatic heterocycles. The van der Waals surface area contributed by atoms with Crippen molar-refractivity contribution in [1.82, 2.24) is 4.90 Å². The molecule has 3 nitrogen and oxygen atoms in total. The highest BCUT2D eigenvalue weighted by molar-refractivity contribution is 7.10. The highest BCUT2D eigenvalue weighted by Gasteiger charge is 2.18. The van der Waals surface area contributed by atoms with Crippen LogP contribution in [-0.4, -0.2) is 16.8 Å². The summed E-state index contributed by atoms with van der Waals surface area (Å²) in [5, 5.41) is 2.01. The number of benzene rings is 2.